The van der Waals surface area contributed by atoms with Crippen LogP contribution in [-0.2, 0) is 19.9 Å². The summed E-state index contributed by atoms with van der Waals surface area (Å²) in [6.07, 6.45) is 5.17. The second kappa shape index (κ2) is 4.26. The molecule has 1 aromatic rings. The predicted molar refractivity (Wildman–Crippen MR) is 50.0 cm³/mol. The number of aryl methyl sites for hydroxylation is 2. The van der Waals surface area contributed by atoms with Crippen molar-refractivity contribution < 1.29 is 0 Å². The first-order valence-corrected chi connectivity index (χ1v) is 4.49. The fourth-order valence-corrected chi connectivity index (χ4v) is 1.45. The van der Waals surface area contributed by atoms with Gasteiger partial charge in [-0.25, -0.2) is 0 Å². The van der Waals surface area contributed by atoms with Gasteiger partial charge in [0.25, 0.3) is 0 Å². The normalized spacial score (nSPS) is 10.6. The number of rotatable bonds is 4. The molecule has 0 aromatic carbocycles. The lowest BCUT2D eigenvalue weighted by molar-refractivity contribution is 0.701. The molecule has 0 saturated carbocycles. The van der Waals surface area contributed by atoms with Crippen molar-refractivity contribution in [2.45, 2.75) is 26.2 Å². The molecule has 68 valence electrons. The molecule has 1 rings (SSSR count). The van der Waals surface area contributed by atoms with Crippen LogP contribution in [0.1, 0.15) is 24.6 Å². The average Bonchev–Trinajstić information content (AvgIpc) is 2.37. The SMILES string of the molecule is CCCc1cnn(C)c1CCN. The molecule has 0 saturated heterocycles. The Morgan fingerprint density at radius 2 is 2.25 bits per heavy atom. The quantitative estimate of drug-likeness (QED) is 0.723. The first-order valence-electron chi connectivity index (χ1n) is 4.49. The molecule has 0 bridgehead atoms. The molecule has 3 nitrogen and oxygen atoms in total. The molecule has 0 aliphatic rings. The Labute approximate surface area is 73.6 Å². The van der Waals surface area contributed by atoms with Crippen LogP contribution in [0, 0.1) is 0 Å². The second-order valence-electron chi connectivity index (χ2n) is 3.03. The minimum absolute atomic E-state index is 0.705. The highest BCUT2D eigenvalue weighted by atomic mass is 15.3. The smallest absolute Gasteiger partial charge is 0.0524 e. The predicted octanol–water partition coefficient (Wildman–Crippen LogP) is 0.874. The van der Waals surface area contributed by atoms with Gasteiger partial charge in [0.05, 0.1) is 6.20 Å². The molecule has 1 aromatic heterocycles. The van der Waals surface area contributed by atoms with Crippen molar-refractivity contribution in [1.29, 1.82) is 0 Å². The maximum Gasteiger partial charge on any atom is 0.0524 e. The summed E-state index contributed by atoms with van der Waals surface area (Å²) in [4.78, 5) is 0. The number of nitrogens with zero attached hydrogens (tertiary/aromatic N) is 2. The van der Waals surface area contributed by atoms with E-state index in [1.165, 1.54) is 17.7 Å². The molecule has 0 radical (unpaired) electrons. The zero-order chi connectivity index (χ0) is 8.97. The summed E-state index contributed by atoms with van der Waals surface area (Å²) in [6, 6.07) is 0. The molecule has 1 heterocycles. The van der Waals surface area contributed by atoms with Crippen LogP contribution in [-0.4, -0.2) is 16.3 Å². The van der Waals surface area contributed by atoms with E-state index in [2.05, 4.69) is 12.0 Å². The van der Waals surface area contributed by atoms with Crippen LogP contribution in [0.5, 0.6) is 0 Å². The molecular formula is C9H17N3. The molecule has 0 aliphatic carbocycles. The Hall–Kier alpha value is -0.830. The van der Waals surface area contributed by atoms with Gasteiger partial charge in [-0.3, -0.25) is 4.68 Å². The Kier molecular flexibility index (Phi) is 3.29. The van der Waals surface area contributed by atoms with Gasteiger partial charge >= 0.3 is 0 Å². The third-order valence-corrected chi connectivity index (χ3v) is 2.05. The van der Waals surface area contributed by atoms with E-state index in [9.17, 15) is 0 Å². The van der Waals surface area contributed by atoms with Crippen molar-refractivity contribution in [2.75, 3.05) is 6.54 Å². The van der Waals surface area contributed by atoms with Crippen molar-refractivity contribution in [3.05, 3.63) is 17.5 Å². The van der Waals surface area contributed by atoms with E-state index in [1.807, 2.05) is 17.9 Å². The van der Waals surface area contributed by atoms with Gasteiger partial charge in [-0.15, -0.1) is 0 Å². The topological polar surface area (TPSA) is 43.8 Å². The van der Waals surface area contributed by atoms with Crippen LogP contribution < -0.4 is 5.73 Å². The van der Waals surface area contributed by atoms with Crippen LogP contribution in [0.4, 0.5) is 0 Å². The van der Waals surface area contributed by atoms with Crippen molar-refractivity contribution in [3.8, 4) is 0 Å². The third kappa shape index (κ3) is 1.85. The highest BCUT2D eigenvalue weighted by Gasteiger charge is 2.05. The van der Waals surface area contributed by atoms with Crippen LogP contribution in [0.15, 0.2) is 6.20 Å². The fraction of sp³-hybridized carbons (Fsp3) is 0.667. The lowest BCUT2D eigenvalue weighted by Crippen LogP contribution is -2.09. The second-order valence-corrected chi connectivity index (χ2v) is 3.03. The summed E-state index contributed by atoms with van der Waals surface area (Å²) in [5, 5.41) is 4.21. The molecule has 0 atom stereocenters. The van der Waals surface area contributed by atoms with Gasteiger partial charge in [-0.1, -0.05) is 13.3 Å². The van der Waals surface area contributed by atoms with Gasteiger partial charge in [-0.05, 0) is 18.5 Å². The van der Waals surface area contributed by atoms with Gasteiger partial charge < -0.3 is 5.73 Å². The van der Waals surface area contributed by atoms with Crippen LogP contribution in [0.25, 0.3) is 0 Å². The summed E-state index contributed by atoms with van der Waals surface area (Å²) in [5.41, 5.74) is 8.16. The van der Waals surface area contributed by atoms with E-state index in [0.717, 1.165) is 12.8 Å². The Morgan fingerprint density at radius 1 is 1.50 bits per heavy atom. The molecule has 0 spiro atoms. The minimum Gasteiger partial charge on any atom is -0.330 e. The maximum atomic E-state index is 5.51. The number of hydrogen-bond acceptors (Lipinski definition) is 2. The minimum atomic E-state index is 0.705. The summed E-state index contributed by atoms with van der Waals surface area (Å²) >= 11 is 0. The van der Waals surface area contributed by atoms with Crippen molar-refractivity contribution in [1.82, 2.24) is 9.78 Å². The van der Waals surface area contributed by atoms with E-state index in [1.54, 1.807) is 0 Å². The van der Waals surface area contributed by atoms with Crippen molar-refractivity contribution in [2.24, 2.45) is 12.8 Å². The van der Waals surface area contributed by atoms with E-state index in [0.29, 0.717) is 6.54 Å². The number of nitrogens with two attached hydrogens (primary N) is 1. The molecule has 2 N–H and O–H groups in total. The highest BCUT2D eigenvalue weighted by molar-refractivity contribution is 5.18. The molecule has 12 heavy (non-hydrogen) atoms. The summed E-state index contributed by atoms with van der Waals surface area (Å²) in [7, 11) is 1.98. The number of hydrogen-bond donors (Lipinski definition) is 1. The lowest BCUT2D eigenvalue weighted by atomic mass is 10.1. The zero-order valence-electron chi connectivity index (χ0n) is 7.88. The van der Waals surface area contributed by atoms with Crippen molar-refractivity contribution in [3.63, 3.8) is 0 Å². The number of aromatic nitrogens is 2. The summed E-state index contributed by atoms with van der Waals surface area (Å²) in [6.45, 7) is 2.88. The van der Waals surface area contributed by atoms with Gasteiger partial charge in [0, 0.05) is 19.2 Å². The first-order chi connectivity index (χ1) is 5.79. The average molecular weight is 167 g/mol. The first kappa shape index (κ1) is 9.26. The fourth-order valence-electron chi connectivity index (χ4n) is 1.45. The van der Waals surface area contributed by atoms with Gasteiger partial charge in [0.15, 0.2) is 0 Å². The molecular weight excluding hydrogens is 150 g/mol. The molecule has 0 fully saturated rings. The Morgan fingerprint density at radius 3 is 2.83 bits per heavy atom. The Balaban J connectivity index is 2.80. The highest BCUT2D eigenvalue weighted by Crippen LogP contribution is 2.09. The van der Waals surface area contributed by atoms with Gasteiger partial charge in [0.1, 0.15) is 0 Å². The Bertz CT molecular complexity index is 240. The molecule has 0 amide bonds. The van der Waals surface area contributed by atoms with E-state index >= 15 is 0 Å². The monoisotopic (exact) mass is 167 g/mol. The van der Waals surface area contributed by atoms with Crippen molar-refractivity contribution >= 4 is 0 Å². The standard InChI is InChI=1S/C9H17N3/c1-3-4-8-7-11-12(2)9(8)5-6-10/h7H,3-6,10H2,1-2H3. The van der Waals surface area contributed by atoms with E-state index < -0.39 is 0 Å². The molecule has 0 unspecified atom stereocenters. The van der Waals surface area contributed by atoms with Crippen LogP contribution in [0.2, 0.25) is 0 Å². The lowest BCUT2D eigenvalue weighted by Gasteiger charge is -2.02. The largest absolute Gasteiger partial charge is 0.330 e. The third-order valence-electron chi connectivity index (χ3n) is 2.05. The van der Waals surface area contributed by atoms with E-state index in [4.69, 9.17) is 5.73 Å². The maximum absolute atomic E-state index is 5.51. The van der Waals surface area contributed by atoms with Crippen LogP contribution >= 0.6 is 0 Å². The zero-order valence-corrected chi connectivity index (χ0v) is 7.88. The molecule has 3 heteroatoms. The van der Waals surface area contributed by atoms with E-state index in [-0.39, 0.29) is 0 Å². The van der Waals surface area contributed by atoms with Crippen LogP contribution in [0.3, 0.4) is 0 Å². The summed E-state index contributed by atoms with van der Waals surface area (Å²) in [5.74, 6) is 0. The summed E-state index contributed by atoms with van der Waals surface area (Å²) < 4.78 is 1.93. The van der Waals surface area contributed by atoms with Gasteiger partial charge in [-0.2, -0.15) is 5.10 Å². The molecule has 0 aliphatic heterocycles. The van der Waals surface area contributed by atoms with Gasteiger partial charge in [0.2, 0.25) is 0 Å².